The van der Waals surface area contributed by atoms with E-state index in [4.69, 9.17) is 0 Å². The molecule has 1 aromatic heterocycles. The van der Waals surface area contributed by atoms with Gasteiger partial charge in [-0.3, -0.25) is 0 Å². The number of nitrogens with one attached hydrogen (secondary N) is 1. The molecule has 0 fully saturated rings. The molecule has 0 saturated carbocycles. The molecule has 20 heavy (non-hydrogen) atoms. The third-order valence-corrected chi connectivity index (χ3v) is 3.22. The lowest BCUT2D eigenvalue weighted by atomic mass is 10.2. The molecule has 0 aliphatic carbocycles. The van der Waals surface area contributed by atoms with Crippen molar-refractivity contribution in [3.63, 3.8) is 0 Å². The Morgan fingerprint density at radius 3 is 2.50 bits per heavy atom. The van der Waals surface area contributed by atoms with Crippen LogP contribution in [-0.2, 0) is 0 Å². The summed E-state index contributed by atoms with van der Waals surface area (Å²) < 4.78 is 0. The summed E-state index contributed by atoms with van der Waals surface area (Å²) in [6.45, 7) is 0. The number of H-pyrrole nitrogens is 1. The first-order valence-electron chi connectivity index (χ1n) is 6.63. The summed E-state index contributed by atoms with van der Waals surface area (Å²) in [4.78, 5) is 10.1. The van der Waals surface area contributed by atoms with Crippen molar-refractivity contribution in [2.45, 2.75) is 0 Å². The molecule has 1 N–H and O–H groups in total. The number of aromatic amines is 1. The molecule has 1 heterocycles. The van der Waals surface area contributed by atoms with Gasteiger partial charge in [-0.25, -0.2) is 4.98 Å². The van der Waals surface area contributed by atoms with Crippen molar-refractivity contribution in [2.24, 2.45) is 0 Å². The summed E-state index contributed by atoms with van der Waals surface area (Å²) in [5.41, 5.74) is 4.35. The van der Waals surface area contributed by atoms with E-state index in [0.29, 0.717) is 0 Å². The quantitative estimate of drug-likeness (QED) is 0.779. The second-order valence-electron chi connectivity index (χ2n) is 4.93. The fourth-order valence-electron chi connectivity index (χ4n) is 2.22. The van der Waals surface area contributed by atoms with Crippen molar-refractivity contribution in [3.05, 3.63) is 59.9 Å². The van der Waals surface area contributed by atoms with E-state index in [1.54, 1.807) is 0 Å². The Morgan fingerprint density at radius 2 is 1.75 bits per heavy atom. The maximum absolute atomic E-state index is 4.66. The Balaban J connectivity index is 1.98. The van der Waals surface area contributed by atoms with Gasteiger partial charge in [0, 0.05) is 14.1 Å². The van der Waals surface area contributed by atoms with Crippen LogP contribution in [0.3, 0.4) is 0 Å². The van der Waals surface area contributed by atoms with E-state index < -0.39 is 0 Å². The Labute approximate surface area is 118 Å². The summed E-state index contributed by atoms with van der Waals surface area (Å²) in [5.74, 6) is 0.873. The third-order valence-electron chi connectivity index (χ3n) is 3.22. The molecule has 0 aliphatic heterocycles. The standard InChI is InChI=1S/C17H17N3/c1-20(2)15-10-6-9-14-17(15)19-16(18-14)12-11-13-7-4-3-5-8-13/h3-12H,1-2H3,(H,18,19). The highest BCUT2D eigenvalue weighted by Gasteiger charge is 2.06. The number of fused-ring (bicyclic) bond motifs is 1. The third kappa shape index (κ3) is 2.43. The van der Waals surface area contributed by atoms with Crippen molar-refractivity contribution in [1.29, 1.82) is 0 Å². The predicted octanol–water partition coefficient (Wildman–Crippen LogP) is 3.80. The molecule has 3 aromatic rings. The lowest BCUT2D eigenvalue weighted by Gasteiger charge is -2.11. The van der Waals surface area contributed by atoms with E-state index in [1.807, 2.05) is 44.4 Å². The molecule has 3 nitrogen and oxygen atoms in total. The lowest BCUT2D eigenvalue weighted by molar-refractivity contribution is 1.14. The van der Waals surface area contributed by atoms with Crippen LogP contribution in [0.25, 0.3) is 23.2 Å². The minimum Gasteiger partial charge on any atom is -0.376 e. The highest BCUT2D eigenvalue weighted by atomic mass is 15.1. The van der Waals surface area contributed by atoms with Crippen molar-refractivity contribution in [1.82, 2.24) is 9.97 Å². The van der Waals surface area contributed by atoms with Crippen molar-refractivity contribution in [3.8, 4) is 0 Å². The van der Waals surface area contributed by atoms with Crippen molar-refractivity contribution >= 4 is 28.9 Å². The molecular formula is C17H17N3. The molecule has 0 aliphatic rings. The van der Waals surface area contributed by atoms with E-state index in [1.165, 1.54) is 5.56 Å². The van der Waals surface area contributed by atoms with Crippen LogP contribution in [0, 0.1) is 0 Å². The van der Waals surface area contributed by atoms with Crippen molar-refractivity contribution in [2.75, 3.05) is 19.0 Å². The van der Waals surface area contributed by atoms with E-state index in [9.17, 15) is 0 Å². The van der Waals surface area contributed by atoms with Gasteiger partial charge in [0.15, 0.2) is 0 Å². The minimum absolute atomic E-state index is 0.873. The molecule has 3 heteroatoms. The van der Waals surface area contributed by atoms with E-state index in [-0.39, 0.29) is 0 Å². The number of imidazole rings is 1. The fraction of sp³-hybridized carbons (Fsp3) is 0.118. The Bertz CT molecular complexity index is 739. The van der Waals surface area contributed by atoms with Gasteiger partial charge in [-0.15, -0.1) is 0 Å². The summed E-state index contributed by atoms with van der Waals surface area (Å²) in [6, 6.07) is 16.4. The first-order chi connectivity index (χ1) is 9.74. The lowest BCUT2D eigenvalue weighted by Crippen LogP contribution is -2.08. The van der Waals surface area contributed by atoms with Gasteiger partial charge >= 0.3 is 0 Å². The number of anilines is 1. The molecule has 0 spiro atoms. The normalized spacial score (nSPS) is 11.3. The molecule has 0 radical (unpaired) electrons. The monoisotopic (exact) mass is 263 g/mol. The maximum atomic E-state index is 4.66. The second kappa shape index (κ2) is 5.21. The van der Waals surface area contributed by atoms with Crippen LogP contribution in [0.2, 0.25) is 0 Å². The van der Waals surface area contributed by atoms with Gasteiger partial charge in [-0.2, -0.15) is 0 Å². The Kier molecular flexibility index (Phi) is 3.25. The fourth-order valence-corrected chi connectivity index (χ4v) is 2.22. The molecule has 0 atom stereocenters. The molecule has 100 valence electrons. The molecular weight excluding hydrogens is 246 g/mol. The largest absolute Gasteiger partial charge is 0.376 e. The van der Waals surface area contributed by atoms with Crippen molar-refractivity contribution < 1.29 is 0 Å². The summed E-state index contributed by atoms with van der Waals surface area (Å²) >= 11 is 0. The van der Waals surface area contributed by atoms with Gasteiger partial charge < -0.3 is 9.88 Å². The summed E-state index contributed by atoms with van der Waals surface area (Å²) in [5, 5.41) is 0. The molecule has 0 saturated heterocycles. The van der Waals surface area contributed by atoms with Crippen LogP contribution >= 0.6 is 0 Å². The predicted molar refractivity (Wildman–Crippen MR) is 85.8 cm³/mol. The van der Waals surface area contributed by atoms with Gasteiger partial charge in [0.25, 0.3) is 0 Å². The second-order valence-corrected chi connectivity index (χ2v) is 4.93. The van der Waals surface area contributed by atoms with Crippen LogP contribution < -0.4 is 4.90 Å². The van der Waals surface area contributed by atoms with E-state index >= 15 is 0 Å². The zero-order chi connectivity index (χ0) is 13.9. The zero-order valence-electron chi connectivity index (χ0n) is 11.7. The topological polar surface area (TPSA) is 31.9 Å². The molecule has 3 rings (SSSR count). The highest BCUT2D eigenvalue weighted by Crippen LogP contribution is 2.23. The maximum Gasteiger partial charge on any atom is 0.131 e. The van der Waals surface area contributed by atoms with Gasteiger partial charge in [-0.05, 0) is 23.8 Å². The molecule has 0 bridgehead atoms. The number of rotatable bonds is 3. The first-order valence-corrected chi connectivity index (χ1v) is 6.63. The van der Waals surface area contributed by atoms with E-state index in [0.717, 1.165) is 22.5 Å². The molecule has 0 amide bonds. The first kappa shape index (κ1) is 12.5. The zero-order valence-corrected chi connectivity index (χ0v) is 11.7. The average Bonchev–Trinajstić information content (AvgIpc) is 2.88. The number of nitrogens with zero attached hydrogens (tertiary/aromatic N) is 2. The molecule has 2 aromatic carbocycles. The number of hydrogen-bond donors (Lipinski definition) is 1. The van der Waals surface area contributed by atoms with Crippen LogP contribution in [0.15, 0.2) is 48.5 Å². The van der Waals surface area contributed by atoms with Gasteiger partial charge in [0.1, 0.15) is 11.3 Å². The average molecular weight is 263 g/mol. The smallest absolute Gasteiger partial charge is 0.131 e. The summed E-state index contributed by atoms with van der Waals surface area (Å²) in [7, 11) is 4.06. The van der Waals surface area contributed by atoms with Crippen LogP contribution in [0.5, 0.6) is 0 Å². The van der Waals surface area contributed by atoms with Crippen LogP contribution in [0.1, 0.15) is 11.4 Å². The minimum atomic E-state index is 0.873. The SMILES string of the molecule is CN(C)c1cccc2[nH]c(C=Cc3ccccc3)nc12. The molecule has 0 unspecified atom stereocenters. The van der Waals surface area contributed by atoms with Crippen LogP contribution in [0.4, 0.5) is 5.69 Å². The highest BCUT2D eigenvalue weighted by molar-refractivity contribution is 5.90. The van der Waals surface area contributed by atoms with Gasteiger partial charge in [-0.1, -0.05) is 42.5 Å². The summed E-state index contributed by atoms with van der Waals surface area (Å²) in [6.07, 6.45) is 4.07. The number of para-hydroxylation sites is 1. The number of hydrogen-bond acceptors (Lipinski definition) is 2. The Hall–Kier alpha value is -2.55. The van der Waals surface area contributed by atoms with Gasteiger partial charge in [0.05, 0.1) is 11.2 Å². The van der Waals surface area contributed by atoms with Crippen LogP contribution in [-0.4, -0.2) is 24.1 Å². The van der Waals surface area contributed by atoms with Gasteiger partial charge in [0.2, 0.25) is 0 Å². The Morgan fingerprint density at radius 1 is 0.950 bits per heavy atom. The number of aromatic nitrogens is 2. The van der Waals surface area contributed by atoms with E-state index in [2.05, 4.69) is 45.2 Å². The number of benzene rings is 2.